The summed E-state index contributed by atoms with van der Waals surface area (Å²) in [6, 6.07) is 7.93. The van der Waals surface area contributed by atoms with Crippen LogP contribution in [0, 0.1) is 12.7 Å². The average Bonchev–Trinajstić information content (AvgIpc) is 2.36. The predicted octanol–water partition coefficient (Wildman–Crippen LogP) is 2.71. The van der Waals surface area contributed by atoms with E-state index in [0.29, 0.717) is 5.02 Å². The van der Waals surface area contributed by atoms with E-state index in [1.807, 2.05) is 19.1 Å². The third-order valence-corrected chi connectivity index (χ3v) is 2.82. The Kier molecular flexibility index (Phi) is 4.12. The molecule has 5 heteroatoms. The number of pyridine rings is 1. The lowest BCUT2D eigenvalue weighted by Crippen LogP contribution is -2.39. The zero-order valence-electron chi connectivity index (χ0n) is 10.4. The Hall–Kier alpha value is -1.94. The molecule has 1 aromatic carbocycles. The number of carbonyl (C=O) groups excluding carboxylic acids is 1. The Morgan fingerprint density at radius 3 is 2.63 bits per heavy atom. The molecule has 0 unspecified atom stereocenters. The molecule has 1 heterocycles. The van der Waals surface area contributed by atoms with E-state index < -0.39 is 5.82 Å². The molecule has 0 aliphatic carbocycles. The van der Waals surface area contributed by atoms with Crippen LogP contribution in [0.4, 0.5) is 10.1 Å². The lowest BCUT2D eigenvalue weighted by molar-refractivity contribution is -0.684. The number of anilines is 1. The molecule has 1 aromatic heterocycles. The van der Waals surface area contributed by atoms with Crippen LogP contribution in [0.5, 0.6) is 0 Å². The number of halogens is 2. The molecule has 0 aliphatic heterocycles. The molecule has 0 saturated carbocycles. The van der Waals surface area contributed by atoms with Crippen molar-refractivity contribution in [2.24, 2.45) is 0 Å². The smallest absolute Gasteiger partial charge is 0.290 e. The Morgan fingerprint density at radius 1 is 1.32 bits per heavy atom. The van der Waals surface area contributed by atoms with Crippen molar-refractivity contribution < 1.29 is 13.8 Å². The van der Waals surface area contributed by atoms with Crippen LogP contribution in [0.3, 0.4) is 0 Å². The van der Waals surface area contributed by atoms with Gasteiger partial charge < -0.3 is 5.32 Å². The van der Waals surface area contributed by atoms with Gasteiger partial charge in [0.15, 0.2) is 12.4 Å². The van der Waals surface area contributed by atoms with Gasteiger partial charge in [-0.3, -0.25) is 4.79 Å². The van der Waals surface area contributed by atoms with Crippen molar-refractivity contribution in [3.63, 3.8) is 0 Å². The number of amides is 1. The largest absolute Gasteiger partial charge is 0.318 e. The summed E-state index contributed by atoms with van der Waals surface area (Å²) in [7, 11) is 0. The number of aromatic nitrogens is 1. The number of rotatable bonds is 3. The quantitative estimate of drug-likeness (QED) is 0.861. The van der Waals surface area contributed by atoms with Gasteiger partial charge in [-0.15, -0.1) is 0 Å². The van der Waals surface area contributed by atoms with E-state index in [4.69, 9.17) is 11.6 Å². The highest BCUT2D eigenvalue weighted by Gasteiger charge is 2.11. The van der Waals surface area contributed by atoms with E-state index in [0.717, 1.165) is 11.6 Å². The summed E-state index contributed by atoms with van der Waals surface area (Å²) in [5, 5.41) is 2.80. The van der Waals surface area contributed by atoms with Crippen molar-refractivity contribution in [2.45, 2.75) is 13.5 Å². The van der Waals surface area contributed by atoms with Crippen LogP contribution in [0.15, 0.2) is 42.7 Å². The summed E-state index contributed by atoms with van der Waals surface area (Å²) in [5.74, 6) is -0.843. The fourth-order valence-corrected chi connectivity index (χ4v) is 1.74. The molecule has 2 rings (SSSR count). The van der Waals surface area contributed by atoms with Crippen molar-refractivity contribution in [3.8, 4) is 0 Å². The molecule has 1 amide bonds. The molecule has 0 atom stereocenters. The van der Waals surface area contributed by atoms with Gasteiger partial charge in [-0.2, -0.15) is 4.57 Å². The van der Waals surface area contributed by atoms with E-state index in [-0.39, 0.29) is 18.1 Å². The number of hydrogen-bond acceptors (Lipinski definition) is 1. The molecule has 0 aliphatic rings. The van der Waals surface area contributed by atoms with Crippen LogP contribution in [0.25, 0.3) is 0 Å². The summed E-state index contributed by atoms with van der Waals surface area (Å²) in [6.45, 7) is 2.09. The van der Waals surface area contributed by atoms with Gasteiger partial charge in [0.2, 0.25) is 6.54 Å². The van der Waals surface area contributed by atoms with E-state index >= 15 is 0 Å². The molecule has 0 radical (unpaired) electrons. The van der Waals surface area contributed by atoms with Gasteiger partial charge in [-0.25, -0.2) is 4.39 Å². The second-order valence-electron chi connectivity index (χ2n) is 4.22. The molecule has 98 valence electrons. The van der Waals surface area contributed by atoms with Gasteiger partial charge in [0.1, 0.15) is 5.82 Å². The summed E-state index contributed by atoms with van der Waals surface area (Å²) < 4.78 is 15.2. The first-order chi connectivity index (χ1) is 9.04. The highest BCUT2D eigenvalue weighted by molar-refractivity contribution is 6.30. The molecular formula is C14H13ClFN2O+. The standard InChI is InChI=1S/C14H12ClFN2O/c1-10-4-6-18(7-5-10)9-14(19)17-13-3-2-11(15)8-12(13)16/h2-8H,9H2,1H3/p+1. The average molecular weight is 280 g/mol. The minimum Gasteiger partial charge on any atom is -0.318 e. The van der Waals surface area contributed by atoms with Crippen molar-refractivity contribution in [1.82, 2.24) is 0 Å². The number of aryl methyl sites for hydroxylation is 1. The zero-order chi connectivity index (χ0) is 13.8. The monoisotopic (exact) mass is 279 g/mol. The highest BCUT2D eigenvalue weighted by Crippen LogP contribution is 2.18. The second-order valence-corrected chi connectivity index (χ2v) is 4.66. The molecule has 0 saturated heterocycles. The summed E-state index contributed by atoms with van der Waals surface area (Å²) in [4.78, 5) is 11.8. The van der Waals surface area contributed by atoms with Crippen molar-refractivity contribution in [1.29, 1.82) is 0 Å². The Labute approximate surface area is 115 Å². The number of benzene rings is 1. The summed E-state index contributed by atoms with van der Waals surface area (Å²) in [5.41, 5.74) is 1.24. The fraction of sp³-hybridized carbons (Fsp3) is 0.143. The summed E-state index contributed by atoms with van der Waals surface area (Å²) >= 11 is 5.64. The number of hydrogen-bond donors (Lipinski definition) is 1. The molecule has 19 heavy (non-hydrogen) atoms. The molecule has 2 aromatic rings. The first-order valence-electron chi connectivity index (χ1n) is 5.75. The lowest BCUT2D eigenvalue weighted by Gasteiger charge is -2.04. The Balaban J connectivity index is 2.03. The molecule has 3 nitrogen and oxygen atoms in total. The van der Waals surface area contributed by atoms with Crippen LogP contribution < -0.4 is 9.88 Å². The van der Waals surface area contributed by atoms with Crippen LogP contribution in [0.1, 0.15) is 5.56 Å². The minimum absolute atomic E-state index is 0.127. The van der Waals surface area contributed by atoms with Gasteiger partial charge in [-0.05, 0) is 30.7 Å². The second kappa shape index (κ2) is 5.80. The minimum atomic E-state index is -0.547. The number of nitrogens with zero attached hydrogens (tertiary/aromatic N) is 1. The fourth-order valence-electron chi connectivity index (χ4n) is 1.58. The maximum Gasteiger partial charge on any atom is 0.290 e. The SMILES string of the molecule is Cc1cc[n+](CC(=O)Nc2ccc(Cl)cc2F)cc1. The maximum absolute atomic E-state index is 13.5. The molecule has 0 bridgehead atoms. The van der Waals surface area contributed by atoms with Gasteiger partial charge in [-0.1, -0.05) is 11.6 Å². The summed E-state index contributed by atoms with van der Waals surface area (Å²) in [6.07, 6.45) is 3.60. The highest BCUT2D eigenvalue weighted by atomic mass is 35.5. The van der Waals surface area contributed by atoms with Gasteiger partial charge in [0.25, 0.3) is 5.91 Å². The number of carbonyl (C=O) groups is 1. The molecule has 0 fully saturated rings. The topological polar surface area (TPSA) is 33.0 Å². The third kappa shape index (κ3) is 3.76. The molecule has 0 spiro atoms. The lowest BCUT2D eigenvalue weighted by atomic mass is 10.3. The maximum atomic E-state index is 13.5. The first kappa shape index (κ1) is 13.5. The van der Waals surface area contributed by atoms with Crippen LogP contribution in [-0.2, 0) is 11.3 Å². The third-order valence-electron chi connectivity index (χ3n) is 2.59. The van der Waals surface area contributed by atoms with Gasteiger partial charge >= 0.3 is 0 Å². The zero-order valence-corrected chi connectivity index (χ0v) is 11.1. The molecule has 1 N–H and O–H groups in total. The van der Waals surface area contributed by atoms with E-state index in [1.165, 1.54) is 12.1 Å². The predicted molar refractivity (Wildman–Crippen MR) is 71.4 cm³/mol. The Bertz CT molecular complexity index is 599. The number of nitrogens with one attached hydrogen (secondary N) is 1. The normalized spacial score (nSPS) is 10.3. The van der Waals surface area contributed by atoms with Crippen molar-refractivity contribution >= 4 is 23.2 Å². The van der Waals surface area contributed by atoms with E-state index in [9.17, 15) is 9.18 Å². The van der Waals surface area contributed by atoms with Crippen molar-refractivity contribution in [2.75, 3.05) is 5.32 Å². The first-order valence-corrected chi connectivity index (χ1v) is 6.13. The van der Waals surface area contributed by atoms with Crippen LogP contribution in [0.2, 0.25) is 5.02 Å². The van der Waals surface area contributed by atoms with Crippen LogP contribution in [-0.4, -0.2) is 5.91 Å². The Morgan fingerprint density at radius 2 is 2.00 bits per heavy atom. The van der Waals surface area contributed by atoms with Gasteiger partial charge in [0.05, 0.1) is 5.69 Å². The van der Waals surface area contributed by atoms with Crippen molar-refractivity contribution in [3.05, 3.63) is 59.1 Å². The van der Waals surface area contributed by atoms with Gasteiger partial charge in [0, 0.05) is 17.2 Å². The van der Waals surface area contributed by atoms with Crippen LogP contribution >= 0.6 is 11.6 Å². The van der Waals surface area contributed by atoms with E-state index in [1.54, 1.807) is 17.0 Å². The molecular weight excluding hydrogens is 267 g/mol. The van der Waals surface area contributed by atoms with E-state index in [2.05, 4.69) is 5.32 Å².